The van der Waals surface area contributed by atoms with Crippen LogP contribution in [-0.4, -0.2) is 41.1 Å². The minimum absolute atomic E-state index is 0.178. The Kier molecular flexibility index (Phi) is 3.94. The first-order valence-electron chi connectivity index (χ1n) is 5.87. The van der Waals surface area contributed by atoms with Gasteiger partial charge in [-0.1, -0.05) is 6.07 Å². The van der Waals surface area contributed by atoms with Gasteiger partial charge in [-0.15, -0.1) is 0 Å². The molecule has 5 nitrogen and oxygen atoms in total. The summed E-state index contributed by atoms with van der Waals surface area (Å²) in [5, 5.41) is 8.60. The van der Waals surface area contributed by atoms with Gasteiger partial charge in [0.05, 0.1) is 6.42 Å². The quantitative estimate of drug-likeness (QED) is 0.844. The molecule has 0 aliphatic heterocycles. The van der Waals surface area contributed by atoms with Crippen molar-refractivity contribution in [2.45, 2.75) is 12.8 Å². The standard InChI is InChI=1S/C13H16N2O3/c1-15(7-5-13(16)17)6-4-10-2-3-11-12(8-10)18-9-14-11/h2-3,8-9H,4-7H2,1H3,(H,16,17). The highest BCUT2D eigenvalue weighted by Crippen LogP contribution is 2.14. The fourth-order valence-electron chi connectivity index (χ4n) is 1.77. The second-order valence-corrected chi connectivity index (χ2v) is 4.35. The van der Waals surface area contributed by atoms with E-state index in [1.54, 1.807) is 0 Å². The zero-order valence-electron chi connectivity index (χ0n) is 10.3. The number of aromatic nitrogens is 1. The number of oxazole rings is 1. The molecule has 18 heavy (non-hydrogen) atoms. The van der Waals surface area contributed by atoms with Crippen LogP contribution in [-0.2, 0) is 11.2 Å². The first-order valence-corrected chi connectivity index (χ1v) is 5.87. The molecule has 0 bridgehead atoms. The van der Waals surface area contributed by atoms with Crippen LogP contribution in [0.5, 0.6) is 0 Å². The van der Waals surface area contributed by atoms with E-state index >= 15 is 0 Å². The monoisotopic (exact) mass is 248 g/mol. The lowest BCUT2D eigenvalue weighted by atomic mass is 10.1. The highest BCUT2D eigenvalue weighted by atomic mass is 16.4. The molecule has 2 rings (SSSR count). The number of hydrogen-bond acceptors (Lipinski definition) is 4. The Balaban J connectivity index is 1.87. The maximum absolute atomic E-state index is 10.4. The van der Waals surface area contributed by atoms with Crippen LogP contribution < -0.4 is 0 Å². The van der Waals surface area contributed by atoms with Crippen LogP contribution in [0.15, 0.2) is 29.0 Å². The Bertz CT molecular complexity index is 536. The zero-order chi connectivity index (χ0) is 13.0. The van der Waals surface area contributed by atoms with Crippen molar-refractivity contribution >= 4 is 17.1 Å². The van der Waals surface area contributed by atoms with Crippen LogP contribution in [0.3, 0.4) is 0 Å². The molecule has 0 unspecified atom stereocenters. The third-order valence-corrected chi connectivity index (χ3v) is 2.89. The average Bonchev–Trinajstić information content (AvgIpc) is 2.81. The number of carbonyl (C=O) groups is 1. The van der Waals surface area contributed by atoms with Crippen LogP contribution in [0.4, 0.5) is 0 Å². The summed E-state index contributed by atoms with van der Waals surface area (Å²) < 4.78 is 5.24. The van der Waals surface area contributed by atoms with Crippen molar-refractivity contribution in [3.8, 4) is 0 Å². The van der Waals surface area contributed by atoms with E-state index in [9.17, 15) is 4.79 Å². The van der Waals surface area contributed by atoms with E-state index in [0.29, 0.717) is 6.54 Å². The molecule has 1 aromatic carbocycles. The third-order valence-electron chi connectivity index (χ3n) is 2.89. The SMILES string of the molecule is CN(CCC(=O)O)CCc1ccc2ncoc2c1. The van der Waals surface area contributed by atoms with Gasteiger partial charge >= 0.3 is 5.97 Å². The molecule has 1 aromatic heterocycles. The molecule has 0 atom stereocenters. The third kappa shape index (κ3) is 3.30. The number of benzene rings is 1. The van der Waals surface area contributed by atoms with Gasteiger partial charge in [-0.3, -0.25) is 4.79 Å². The number of aliphatic carboxylic acids is 1. The molecule has 2 aromatic rings. The molecule has 0 radical (unpaired) electrons. The normalized spacial score (nSPS) is 11.2. The lowest BCUT2D eigenvalue weighted by molar-refractivity contribution is -0.137. The van der Waals surface area contributed by atoms with E-state index in [1.807, 2.05) is 30.1 Å². The predicted molar refractivity (Wildman–Crippen MR) is 67.5 cm³/mol. The fraction of sp³-hybridized carbons (Fsp3) is 0.385. The van der Waals surface area contributed by atoms with Gasteiger partial charge < -0.3 is 14.4 Å². The lowest BCUT2D eigenvalue weighted by Gasteiger charge is -2.14. The smallest absolute Gasteiger partial charge is 0.304 e. The fourth-order valence-corrected chi connectivity index (χ4v) is 1.77. The molecule has 96 valence electrons. The molecule has 1 N–H and O–H groups in total. The molecule has 0 saturated heterocycles. The number of hydrogen-bond donors (Lipinski definition) is 1. The average molecular weight is 248 g/mol. The maximum Gasteiger partial charge on any atom is 0.304 e. The Hall–Kier alpha value is -1.88. The van der Waals surface area contributed by atoms with E-state index in [1.165, 1.54) is 12.0 Å². The van der Waals surface area contributed by atoms with E-state index in [0.717, 1.165) is 24.1 Å². The van der Waals surface area contributed by atoms with Crippen molar-refractivity contribution in [2.75, 3.05) is 20.1 Å². The molecule has 0 fully saturated rings. The molecule has 0 aliphatic rings. The van der Waals surface area contributed by atoms with Crippen LogP contribution in [0.25, 0.3) is 11.1 Å². The number of rotatable bonds is 6. The molecular formula is C13H16N2O3. The first kappa shape index (κ1) is 12.6. The van der Waals surface area contributed by atoms with Crippen molar-refractivity contribution in [1.82, 2.24) is 9.88 Å². The number of nitrogens with zero attached hydrogens (tertiary/aromatic N) is 2. The van der Waals surface area contributed by atoms with Gasteiger partial charge in [0.2, 0.25) is 0 Å². The molecule has 0 aliphatic carbocycles. The topological polar surface area (TPSA) is 66.6 Å². The summed E-state index contributed by atoms with van der Waals surface area (Å²) in [6.07, 6.45) is 2.48. The van der Waals surface area contributed by atoms with Crippen molar-refractivity contribution in [1.29, 1.82) is 0 Å². The van der Waals surface area contributed by atoms with E-state index < -0.39 is 5.97 Å². The largest absolute Gasteiger partial charge is 0.481 e. The van der Waals surface area contributed by atoms with Gasteiger partial charge in [-0.2, -0.15) is 0 Å². The number of fused-ring (bicyclic) bond motifs is 1. The lowest BCUT2D eigenvalue weighted by Crippen LogP contribution is -2.24. The zero-order valence-corrected chi connectivity index (χ0v) is 10.3. The van der Waals surface area contributed by atoms with Gasteiger partial charge in [0.1, 0.15) is 5.52 Å². The highest BCUT2D eigenvalue weighted by Gasteiger charge is 2.04. The van der Waals surface area contributed by atoms with E-state index in [4.69, 9.17) is 9.52 Å². The Morgan fingerprint density at radius 2 is 2.28 bits per heavy atom. The van der Waals surface area contributed by atoms with Crippen molar-refractivity contribution in [3.63, 3.8) is 0 Å². The summed E-state index contributed by atoms with van der Waals surface area (Å²) >= 11 is 0. The predicted octanol–water partition coefficient (Wildman–Crippen LogP) is 1.78. The highest BCUT2D eigenvalue weighted by molar-refractivity contribution is 5.72. The number of carboxylic acid groups (broad SMARTS) is 1. The summed E-state index contributed by atoms with van der Waals surface area (Å²) in [5.74, 6) is -0.759. The summed E-state index contributed by atoms with van der Waals surface area (Å²) in [6.45, 7) is 1.40. The molecular weight excluding hydrogens is 232 g/mol. The van der Waals surface area contributed by atoms with Gasteiger partial charge in [-0.25, -0.2) is 4.98 Å². The van der Waals surface area contributed by atoms with Crippen molar-refractivity contribution in [2.24, 2.45) is 0 Å². The number of likely N-dealkylation sites (N-methyl/N-ethyl adjacent to an activating group) is 1. The van der Waals surface area contributed by atoms with E-state index in [2.05, 4.69) is 4.98 Å². The van der Waals surface area contributed by atoms with Gasteiger partial charge in [0.25, 0.3) is 0 Å². The molecule has 5 heteroatoms. The van der Waals surface area contributed by atoms with Gasteiger partial charge in [0.15, 0.2) is 12.0 Å². The first-order chi connectivity index (χ1) is 8.65. The van der Waals surface area contributed by atoms with Gasteiger partial charge in [-0.05, 0) is 31.2 Å². The molecule has 0 spiro atoms. The summed E-state index contributed by atoms with van der Waals surface area (Å²) in [5.41, 5.74) is 2.82. The van der Waals surface area contributed by atoms with Crippen LogP contribution in [0.1, 0.15) is 12.0 Å². The Morgan fingerprint density at radius 3 is 3.06 bits per heavy atom. The second kappa shape index (κ2) is 5.64. The Labute approximate surface area is 105 Å². The minimum Gasteiger partial charge on any atom is -0.481 e. The summed E-state index contributed by atoms with van der Waals surface area (Å²) in [4.78, 5) is 16.5. The van der Waals surface area contributed by atoms with Crippen LogP contribution in [0, 0.1) is 0 Å². The van der Waals surface area contributed by atoms with E-state index in [-0.39, 0.29) is 6.42 Å². The molecule has 0 amide bonds. The summed E-state index contributed by atoms with van der Waals surface area (Å²) in [6, 6.07) is 5.94. The van der Waals surface area contributed by atoms with Gasteiger partial charge in [0, 0.05) is 13.1 Å². The molecule has 1 heterocycles. The van der Waals surface area contributed by atoms with Crippen LogP contribution >= 0.6 is 0 Å². The second-order valence-electron chi connectivity index (χ2n) is 4.35. The Morgan fingerprint density at radius 1 is 1.44 bits per heavy atom. The summed E-state index contributed by atoms with van der Waals surface area (Å²) in [7, 11) is 1.93. The van der Waals surface area contributed by atoms with Crippen molar-refractivity contribution in [3.05, 3.63) is 30.2 Å². The molecule has 0 saturated carbocycles. The number of carboxylic acids is 1. The van der Waals surface area contributed by atoms with Crippen molar-refractivity contribution < 1.29 is 14.3 Å². The minimum atomic E-state index is -0.759. The maximum atomic E-state index is 10.4. The van der Waals surface area contributed by atoms with Crippen LogP contribution in [0.2, 0.25) is 0 Å².